The highest BCUT2D eigenvalue weighted by Crippen LogP contribution is 2.27. The van der Waals surface area contributed by atoms with E-state index in [0.29, 0.717) is 12.5 Å². The summed E-state index contributed by atoms with van der Waals surface area (Å²) in [6, 6.07) is 15.6. The third-order valence-corrected chi connectivity index (χ3v) is 4.17. The van der Waals surface area contributed by atoms with Crippen LogP contribution < -0.4 is 9.47 Å². The minimum absolute atomic E-state index is 0.0653. The van der Waals surface area contributed by atoms with Crippen molar-refractivity contribution in [1.82, 2.24) is 4.90 Å². The first kappa shape index (κ1) is 18.8. The zero-order valence-corrected chi connectivity index (χ0v) is 15.7. The maximum Gasteiger partial charge on any atom is 0.263 e. The van der Waals surface area contributed by atoms with Crippen molar-refractivity contribution in [2.75, 3.05) is 14.2 Å². The maximum atomic E-state index is 12.7. The van der Waals surface area contributed by atoms with Gasteiger partial charge in [0, 0.05) is 19.2 Å². The van der Waals surface area contributed by atoms with E-state index < -0.39 is 6.10 Å². The Labute approximate surface area is 150 Å². The normalized spacial score (nSPS) is 11.9. The van der Waals surface area contributed by atoms with Crippen LogP contribution in [0, 0.1) is 0 Å². The minimum Gasteiger partial charge on any atom is -0.496 e. The molecule has 0 heterocycles. The van der Waals surface area contributed by atoms with Gasteiger partial charge in [-0.1, -0.05) is 50.2 Å². The lowest BCUT2D eigenvalue weighted by Crippen LogP contribution is -2.37. The molecule has 0 radical (unpaired) electrons. The van der Waals surface area contributed by atoms with Crippen molar-refractivity contribution in [2.24, 2.45) is 0 Å². The number of methoxy groups -OCH3 is 1. The largest absolute Gasteiger partial charge is 0.496 e. The van der Waals surface area contributed by atoms with Crippen molar-refractivity contribution in [3.8, 4) is 11.5 Å². The fraction of sp³-hybridized carbons (Fsp3) is 0.381. The first-order valence-electron chi connectivity index (χ1n) is 8.56. The number of para-hydroxylation sites is 2. The summed E-state index contributed by atoms with van der Waals surface area (Å²) in [5.41, 5.74) is 2.07. The molecule has 2 aromatic carbocycles. The SMILES string of the molecule is COc1ccccc1CN(C)C(=O)[C@@H](C)Oc1ccccc1C(C)C. The molecular formula is C21H27NO3. The van der Waals surface area contributed by atoms with Gasteiger partial charge in [0.1, 0.15) is 11.5 Å². The molecule has 1 amide bonds. The third kappa shape index (κ3) is 4.75. The van der Waals surface area contributed by atoms with E-state index in [2.05, 4.69) is 13.8 Å². The molecule has 25 heavy (non-hydrogen) atoms. The topological polar surface area (TPSA) is 38.8 Å². The Balaban J connectivity index is 2.07. The van der Waals surface area contributed by atoms with Crippen LogP contribution in [-0.4, -0.2) is 31.1 Å². The Morgan fingerprint density at radius 3 is 2.24 bits per heavy atom. The smallest absolute Gasteiger partial charge is 0.263 e. The van der Waals surface area contributed by atoms with Crippen molar-refractivity contribution in [2.45, 2.75) is 39.3 Å². The number of ether oxygens (including phenoxy) is 2. The first-order chi connectivity index (χ1) is 11.9. The molecule has 2 rings (SSSR count). The quantitative estimate of drug-likeness (QED) is 0.756. The molecular weight excluding hydrogens is 314 g/mol. The number of hydrogen-bond acceptors (Lipinski definition) is 3. The third-order valence-electron chi connectivity index (χ3n) is 4.17. The molecule has 0 saturated carbocycles. The van der Waals surface area contributed by atoms with Gasteiger partial charge in [0.05, 0.1) is 7.11 Å². The van der Waals surface area contributed by atoms with E-state index in [4.69, 9.17) is 9.47 Å². The van der Waals surface area contributed by atoms with E-state index in [-0.39, 0.29) is 5.91 Å². The van der Waals surface area contributed by atoms with Gasteiger partial charge in [-0.15, -0.1) is 0 Å². The average molecular weight is 341 g/mol. The number of carbonyl (C=O) groups excluding carboxylic acids is 1. The van der Waals surface area contributed by atoms with Crippen molar-refractivity contribution in [3.63, 3.8) is 0 Å². The number of benzene rings is 2. The van der Waals surface area contributed by atoms with E-state index in [1.807, 2.05) is 48.5 Å². The van der Waals surface area contributed by atoms with Crippen LogP contribution in [0.4, 0.5) is 0 Å². The summed E-state index contributed by atoms with van der Waals surface area (Å²) < 4.78 is 11.3. The Morgan fingerprint density at radius 2 is 1.60 bits per heavy atom. The highest BCUT2D eigenvalue weighted by Gasteiger charge is 2.21. The van der Waals surface area contributed by atoms with Gasteiger partial charge in [0.2, 0.25) is 0 Å². The molecule has 0 aliphatic heterocycles. The predicted octanol–water partition coefficient (Wildman–Crippen LogP) is 4.24. The predicted molar refractivity (Wildman–Crippen MR) is 100 cm³/mol. The lowest BCUT2D eigenvalue weighted by molar-refractivity contribution is -0.137. The molecule has 0 aliphatic rings. The van der Waals surface area contributed by atoms with Crippen LogP contribution in [0.1, 0.15) is 37.8 Å². The fourth-order valence-electron chi connectivity index (χ4n) is 2.78. The number of carbonyl (C=O) groups is 1. The van der Waals surface area contributed by atoms with Crippen molar-refractivity contribution < 1.29 is 14.3 Å². The van der Waals surface area contributed by atoms with Crippen LogP contribution in [-0.2, 0) is 11.3 Å². The Morgan fingerprint density at radius 1 is 1.00 bits per heavy atom. The number of nitrogens with zero attached hydrogens (tertiary/aromatic N) is 1. The van der Waals surface area contributed by atoms with Crippen molar-refractivity contribution in [1.29, 1.82) is 0 Å². The van der Waals surface area contributed by atoms with Gasteiger partial charge < -0.3 is 14.4 Å². The van der Waals surface area contributed by atoms with Gasteiger partial charge >= 0.3 is 0 Å². The van der Waals surface area contributed by atoms with Crippen LogP contribution in [0.2, 0.25) is 0 Å². The number of amides is 1. The van der Waals surface area contributed by atoms with Gasteiger partial charge in [-0.2, -0.15) is 0 Å². The molecule has 134 valence electrons. The Kier molecular flexibility index (Phi) is 6.45. The Hall–Kier alpha value is -2.49. The zero-order chi connectivity index (χ0) is 18.4. The summed E-state index contributed by atoms with van der Waals surface area (Å²) in [4.78, 5) is 14.4. The molecule has 2 aromatic rings. The molecule has 0 saturated heterocycles. The second-order valence-electron chi connectivity index (χ2n) is 6.46. The lowest BCUT2D eigenvalue weighted by atomic mass is 10.0. The molecule has 0 bridgehead atoms. The average Bonchev–Trinajstić information content (AvgIpc) is 2.61. The van der Waals surface area contributed by atoms with E-state index in [1.54, 1.807) is 26.0 Å². The summed E-state index contributed by atoms with van der Waals surface area (Å²) >= 11 is 0. The fourth-order valence-corrected chi connectivity index (χ4v) is 2.78. The van der Waals surface area contributed by atoms with Crippen LogP contribution in [0.25, 0.3) is 0 Å². The van der Waals surface area contributed by atoms with Crippen LogP contribution in [0.3, 0.4) is 0 Å². The summed E-state index contributed by atoms with van der Waals surface area (Å²) in [5.74, 6) is 1.82. The number of rotatable bonds is 7. The molecule has 1 atom stereocenters. The van der Waals surface area contributed by atoms with Crippen molar-refractivity contribution in [3.05, 3.63) is 59.7 Å². The van der Waals surface area contributed by atoms with Gasteiger partial charge in [0.25, 0.3) is 5.91 Å². The van der Waals surface area contributed by atoms with Crippen LogP contribution in [0.15, 0.2) is 48.5 Å². The Bertz CT molecular complexity index is 712. The standard InChI is InChI=1S/C21H27NO3/c1-15(2)18-11-7-9-13-20(18)25-16(3)21(23)22(4)14-17-10-6-8-12-19(17)24-5/h6-13,15-16H,14H2,1-5H3/t16-/m1/s1. The van der Waals surface area contributed by atoms with E-state index >= 15 is 0 Å². The van der Waals surface area contributed by atoms with Gasteiger partial charge in [-0.3, -0.25) is 4.79 Å². The van der Waals surface area contributed by atoms with E-state index in [9.17, 15) is 4.79 Å². The van der Waals surface area contributed by atoms with E-state index in [0.717, 1.165) is 22.6 Å². The van der Waals surface area contributed by atoms with Gasteiger partial charge in [-0.05, 0) is 30.5 Å². The molecule has 4 nitrogen and oxygen atoms in total. The molecule has 4 heteroatoms. The number of likely N-dealkylation sites (N-methyl/N-ethyl adjacent to an activating group) is 1. The molecule has 0 N–H and O–H groups in total. The molecule has 0 aromatic heterocycles. The van der Waals surface area contributed by atoms with E-state index in [1.165, 1.54) is 0 Å². The first-order valence-corrected chi connectivity index (χ1v) is 8.56. The lowest BCUT2D eigenvalue weighted by Gasteiger charge is -2.24. The minimum atomic E-state index is -0.556. The number of hydrogen-bond donors (Lipinski definition) is 0. The van der Waals surface area contributed by atoms with Crippen molar-refractivity contribution >= 4 is 5.91 Å². The second kappa shape index (κ2) is 8.56. The summed E-state index contributed by atoms with van der Waals surface area (Å²) in [5, 5.41) is 0. The molecule has 0 fully saturated rings. The zero-order valence-electron chi connectivity index (χ0n) is 15.7. The summed E-state index contributed by atoms with van der Waals surface area (Å²) in [6.07, 6.45) is -0.556. The molecule has 0 spiro atoms. The van der Waals surface area contributed by atoms with Crippen LogP contribution in [0.5, 0.6) is 11.5 Å². The summed E-state index contributed by atoms with van der Waals surface area (Å²) in [6.45, 7) is 6.49. The summed E-state index contributed by atoms with van der Waals surface area (Å²) in [7, 11) is 3.41. The highest BCUT2D eigenvalue weighted by atomic mass is 16.5. The highest BCUT2D eigenvalue weighted by molar-refractivity contribution is 5.80. The van der Waals surface area contributed by atoms with Crippen LogP contribution >= 0.6 is 0 Å². The molecule has 0 aliphatic carbocycles. The molecule has 0 unspecified atom stereocenters. The second-order valence-corrected chi connectivity index (χ2v) is 6.46. The van der Waals surface area contributed by atoms with Gasteiger partial charge in [0.15, 0.2) is 6.10 Å². The maximum absolute atomic E-state index is 12.7. The van der Waals surface area contributed by atoms with Gasteiger partial charge in [-0.25, -0.2) is 0 Å². The monoisotopic (exact) mass is 341 g/mol.